The van der Waals surface area contributed by atoms with Gasteiger partial charge in [-0.25, -0.2) is 9.69 Å². The molecular formula is C22H23N3O3. The molecule has 1 saturated heterocycles. The van der Waals surface area contributed by atoms with Gasteiger partial charge in [0.25, 0.3) is 5.91 Å². The molecule has 0 bridgehead atoms. The molecule has 28 heavy (non-hydrogen) atoms. The van der Waals surface area contributed by atoms with E-state index in [-0.39, 0.29) is 13.0 Å². The van der Waals surface area contributed by atoms with Crippen LogP contribution in [0.5, 0.6) is 0 Å². The molecule has 0 aliphatic carbocycles. The molecule has 2 heterocycles. The summed E-state index contributed by atoms with van der Waals surface area (Å²) in [5, 5.41) is 2.43. The van der Waals surface area contributed by atoms with E-state index >= 15 is 0 Å². The molecule has 2 aromatic carbocycles. The van der Waals surface area contributed by atoms with Crippen LogP contribution >= 0.6 is 0 Å². The standard InChI is InChI=1S/C22H23N3O3/c1-13-5-7-17(15(3)9-13)25-20(27)22(19(26)23-21(25)28)11-16-10-14(2)6-8-18(16)24(4)12-22/h5-10H,11-12H2,1-4H3,(H,23,26,28)/t22-/m0/s1. The van der Waals surface area contributed by atoms with E-state index in [1.165, 1.54) is 0 Å². The number of carbonyl (C=O) groups excluding carboxylic acids is 3. The monoisotopic (exact) mass is 377 g/mol. The summed E-state index contributed by atoms with van der Waals surface area (Å²) < 4.78 is 0. The molecule has 0 saturated carbocycles. The van der Waals surface area contributed by atoms with E-state index < -0.39 is 23.3 Å². The second-order valence-electron chi connectivity index (χ2n) is 7.94. The zero-order chi connectivity index (χ0) is 20.2. The summed E-state index contributed by atoms with van der Waals surface area (Å²) in [7, 11) is 1.87. The molecule has 6 nitrogen and oxygen atoms in total. The van der Waals surface area contributed by atoms with Crippen molar-refractivity contribution in [1.29, 1.82) is 0 Å². The van der Waals surface area contributed by atoms with Gasteiger partial charge in [-0.2, -0.15) is 0 Å². The molecule has 144 valence electrons. The number of nitrogens with zero attached hydrogens (tertiary/aromatic N) is 2. The minimum atomic E-state index is -1.33. The van der Waals surface area contributed by atoms with Crippen molar-refractivity contribution in [3.63, 3.8) is 0 Å². The second kappa shape index (κ2) is 6.19. The third-order valence-corrected chi connectivity index (χ3v) is 5.71. The van der Waals surface area contributed by atoms with Crippen LogP contribution in [0.3, 0.4) is 0 Å². The number of anilines is 2. The molecule has 1 spiro atoms. The summed E-state index contributed by atoms with van der Waals surface area (Å²) in [4.78, 5) is 42.2. The van der Waals surface area contributed by atoms with Gasteiger partial charge >= 0.3 is 6.03 Å². The SMILES string of the molecule is Cc1ccc(N2C(=O)NC(=O)[C@@]3(Cc4cc(C)ccc4N(C)C3)C2=O)c(C)c1. The number of rotatable bonds is 1. The van der Waals surface area contributed by atoms with Gasteiger partial charge in [0.15, 0.2) is 5.41 Å². The van der Waals surface area contributed by atoms with Crippen molar-refractivity contribution in [1.82, 2.24) is 5.32 Å². The van der Waals surface area contributed by atoms with E-state index in [1.807, 2.05) is 63.1 Å². The fourth-order valence-corrected chi connectivity index (χ4v) is 4.35. The van der Waals surface area contributed by atoms with E-state index in [1.54, 1.807) is 6.07 Å². The predicted octanol–water partition coefficient (Wildman–Crippen LogP) is 2.87. The summed E-state index contributed by atoms with van der Waals surface area (Å²) >= 11 is 0. The van der Waals surface area contributed by atoms with E-state index in [4.69, 9.17) is 0 Å². The average Bonchev–Trinajstić information content (AvgIpc) is 2.61. The first-order valence-corrected chi connectivity index (χ1v) is 9.31. The normalized spacial score (nSPS) is 21.8. The van der Waals surface area contributed by atoms with Gasteiger partial charge in [-0.1, -0.05) is 35.4 Å². The summed E-state index contributed by atoms with van der Waals surface area (Å²) in [5.74, 6) is -0.991. The van der Waals surface area contributed by atoms with E-state index in [2.05, 4.69) is 5.32 Å². The summed E-state index contributed by atoms with van der Waals surface area (Å²) in [6.45, 7) is 6.02. The number of carbonyl (C=O) groups is 3. The molecule has 2 aromatic rings. The number of urea groups is 1. The maximum absolute atomic E-state index is 13.6. The van der Waals surface area contributed by atoms with Crippen molar-refractivity contribution in [3.8, 4) is 0 Å². The molecule has 4 rings (SSSR count). The highest BCUT2D eigenvalue weighted by atomic mass is 16.2. The number of hydrogen-bond acceptors (Lipinski definition) is 4. The molecule has 1 N–H and O–H groups in total. The Hall–Kier alpha value is -3.15. The van der Waals surface area contributed by atoms with Crippen molar-refractivity contribution in [2.45, 2.75) is 27.2 Å². The van der Waals surface area contributed by atoms with Crippen molar-refractivity contribution in [2.75, 3.05) is 23.4 Å². The highest BCUT2D eigenvalue weighted by Crippen LogP contribution is 2.41. The van der Waals surface area contributed by atoms with Gasteiger partial charge in [0.2, 0.25) is 5.91 Å². The smallest absolute Gasteiger partial charge is 0.335 e. The molecule has 4 amide bonds. The average molecular weight is 377 g/mol. The van der Waals surface area contributed by atoms with Crippen molar-refractivity contribution in [3.05, 3.63) is 58.7 Å². The summed E-state index contributed by atoms with van der Waals surface area (Å²) in [5.41, 5.74) is 4.04. The highest BCUT2D eigenvalue weighted by molar-refractivity contribution is 6.30. The topological polar surface area (TPSA) is 69.7 Å². The first kappa shape index (κ1) is 18.2. The third kappa shape index (κ3) is 2.59. The molecule has 1 atom stereocenters. The van der Waals surface area contributed by atoms with Crippen molar-refractivity contribution < 1.29 is 14.4 Å². The number of nitrogens with one attached hydrogen (secondary N) is 1. The zero-order valence-electron chi connectivity index (χ0n) is 16.5. The minimum absolute atomic E-state index is 0.225. The van der Waals surface area contributed by atoms with Crippen LogP contribution in [0.1, 0.15) is 22.3 Å². The summed E-state index contributed by atoms with van der Waals surface area (Å²) in [6, 6.07) is 10.9. The Morgan fingerprint density at radius 2 is 1.57 bits per heavy atom. The Bertz CT molecular complexity index is 1030. The largest absolute Gasteiger partial charge is 0.373 e. The van der Waals surface area contributed by atoms with Crippen LogP contribution < -0.4 is 15.1 Å². The van der Waals surface area contributed by atoms with Crippen LogP contribution in [0.25, 0.3) is 0 Å². The van der Waals surface area contributed by atoms with Gasteiger partial charge in [0, 0.05) is 19.3 Å². The Kier molecular flexibility index (Phi) is 4.03. The van der Waals surface area contributed by atoms with Crippen LogP contribution in [0.15, 0.2) is 36.4 Å². The lowest BCUT2D eigenvalue weighted by Crippen LogP contribution is -2.68. The highest BCUT2D eigenvalue weighted by Gasteiger charge is 2.56. The lowest BCUT2D eigenvalue weighted by atomic mass is 9.74. The van der Waals surface area contributed by atoms with Crippen LogP contribution in [0, 0.1) is 26.2 Å². The molecule has 2 aliphatic rings. The van der Waals surface area contributed by atoms with Gasteiger partial charge in [0.1, 0.15) is 0 Å². The van der Waals surface area contributed by atoms with Crippen molar-refractivity contribution >= 4 is 29.2 Å². The minimum Gasteiger partial charge on any atom is -0.373 e. The van der Waals surface area contributed by atoms with Gasteiger partial charge in [-0.15, -0.1) is 0 Å². The molecule has 0 aromatic heterocycles. The molecule has 2 aliphatic heterocycles. The number of hydrogen-bond donors (Lipinski definition) is 1. The van der Waals surface area contributed by atoms with E-state index in [0.29, 0.717) is 5.69 Å². The van der Waals surface area contributed by atoms with Gasteiger partial charge in [-0.3, -0.25) is 14.9 Å². The zero-order valence-corrected chi connectivity index (χ0v) is 16.5. The lowest BCUT2D eigenvalue weighted by molar-refractivity contribution is -0.142. The van der Waals surface area contributed by atoms with Crippen molar-refractivity contribution in [2.24, 2.45) is 5.41 Å². The maximum Gasteiger partial charge on any atom is 0.335 e. The van der Waals surface area contributed by atoms with E-state index in [0.717, 1.165) is 32.8 Å². The first-order chi connectivity index (χ1) is 13.2. The number of barbiturate groups is 1. The summed E-state index contributed by atoms with van der Waals surface area (Å²) in [6.07, 6.45) is 0.272. The van der Waals surface area contributed by atoms with Crippen LogP contribution in [0.4, 0.5) is 16.2 Å². The quantitative estimate of drug-likeness (QED) is 0.776. The van der Waals surface area contributed by atoms with Crippen LogP contribution in [-0.2, 0) is 16.0 Å². The lowest BCUT2D eigenvalue weighted by Gasteiger charge is -2.45. The van der Waals surface area contributed by atoms with Gasteiger partial charge in [-0.05, 0) is 50.5 Å². The number of benzene rings is 2. The maximum atomic E-state index is 13.6. The molecule has 0 unspecified atom stereocenters. The third-order valence-electron chi connectivity index (χ3n) is 5.71. The number of fused-ring (bicyclic) bond motifs is 1. The molecule has 1 fully saturated rings. The molecule has 0 radical (unpaired) electrons. The van der Waals surface area contributed by atoms with Gasteiger partial charge < -0.3 is 4.90 Å². The van der Waals surface area contributed by atoms with Crippen LogP contribution in [-0.4, -0.2) is 31.4 Å². The predicted molar refractivity (Wildman–Crippen MR) is 108 cm³/mol. The second-order valence-corrected chi connectivity index (χ2v) is 7.94. The molecule has 6 heteroatoms. The molecular weight excluding hydrogens is 354 g/mol. The number of amides is 4. The van der Waals surface area contributed by atoms with Crippen LogP contribution in [0.2, 0.25) is 0 Å². The number of aryl methyl sites for hydroxylation is 3. The number of imide groups is 2. The Morgan fingerprint density at radius 1 is 0.929 bits per heavy atom. The first-order valence-electron chi connectivity index (χ1n) is 9.31. The fourth-order valence-electron chi connectivity index (χ4n) is 4.35. The van der Waals surface area contributed by atoms with Gasteiger partial charge in [0.05, 0.1) is 5.69 Å². The van der Waals surface area contributed by atoms with E-state index in [9.17, 15) is 14.4 Å². The Balaban J connectivity index is 1.82. The Labute approximate surface area is 164 Å². The Morgan fingerprint density at radius 3 is 2.25 bits per heavy atom. The fraction of sp³-hybridized carbons (Fsp3) is 0.318.